The second kappa shape index (κ2) is 10.6. The maximum absolute atomic E-state index is 12.9. The molecule has 1 aliphatic rings. The summed E-state index contributed by atoms with van der Waals surface area (Å²) < 4.78 is 13.3. The number of morpholine rings is 1. The van der Waals surface area contributed by atoms with E-state index in [0.717, 1.165) is 60.8 Å². The Labute approximate surface area is 204 Å². The Morgan fingerprint density at radius 1 is 1.14 bits per heavy atom. The van der Waals surface area contributed by atoms with E-state index >= 15 is 0 Å². The zero-order chi connectivity index (χ0) is 24.0. The Balaban J connectivity index is 1.37. The molecule has 0 unspecified atom stereocenters. The molecule has 0 saturated carbocycles. The average Bonchev–Trinajstić information content (AvgIpc) is 3.50. The van der Waals surface area contributed by atoms with E-state index in [1.54, 1.807) is 10.6 Å². The number of carbonyl (C=O) groups excluding carboxylic acids is 1. The van der Waals surface area contributed by atoms with E-state index in [0.29, 0.717) is 18.0 Å². The van der Waals surface area contributed by atoms with E-state index in [4.69, 9.17) is 9.47 Å². The van der Waals surface area contributed by atoms with Gasteiger partial charge in [0.05, 0.1) is 24.4 Å². The topological polar surface area (TPSA) is 84.4 Å². The lowest BCUT2D eigenvalue weighted by molar-refractivity contribution is 0.0322. The number of aryl methyl sites for hydroxylation is 1. The maximum Gasteiger partial charge on any atom is 0.272 e. The monoisotopic (exact) mass is 471 g/mol. The third-order valence-corrected chi connectivity index (χ3v) is 6.15. The first kappa shape index (κ1) is 22.9. The molecule has 8 nitrogen and oxygen atoms in total. The lowest BCUT2D eigenvalue weighted by Crippen LogP contribution is -2.38. The molecule has 180 valence electrons. The predicted octanol–water partition coefficient (Wildman–Crippen LogP) is 4.04. The molecule has 0 aliphatic carbocycles. The van der Waals surface area contributed by atoms with Crippen molar-refractivity contribution >= 4 is 34.6 Å². The van der Waals surface area contributed by atoms with E-state index in [1.165, 1.54) is 0 Å². The number of fused-ring (bicyclic) bond motifs is 1. The number of amides is 1. The van der Waals surface area contributed by atoms with Crippen LogP contribution in [-0.4, -0.2) is 65.0 Å². The van der Waals surface area contributed by atoms with Gasteiger partial charge in [-0.3, -0.25) is 14.8 Å². The van der Waals surface area contributed by atoms with Gasteiger partial charge in [-0.15, -0.1) is 0 Å². The molecule has 4 aromatic rings. The fraction of sp³-hybridized carbons (Fsp3) is 0.259. The number of hydrogen-bond acceptors (Lipinski definition) is 5. The molecule has 0 bridgehead atoms. The fourth-order valence-electron chi connectivity index (χ4n) is 4.16. The molecular formula is C27H29N5O3. The molecule has 1 fully saturated rings. The lowest BCUT2D eigenvalue weighted by Gasteiger charge is -2.26. The van der Waals surface area contributed by atoms with Gasteiger partial charge in [-0.2, -0.15) is 5.10 Å². The van der Waals surface area contributed by atoms with Crippen molar-refractivity contribution in [1.82, 2.24) is 19.7 Å². The number of ether oxygens (including phenoxy) is 2. The van der Waals surface area contributed by atoms with E-state index in [9.17, 15) is 4.79 Å². The molecular weight excluding hydrogens is 442 g/mol. The van der Waals surface area contributed by atoms with E-state index in [1.807, 2.05) is 73.9 Å². The molecule has 0 spiro atoms. The Hall–Kier alpha value is -3.88. The van der Waals surface area contributed by atoms with Gasteiger partial charge in [0, 0.05) is 49.5 Å². The normalized spacial score (nSPS) is 14.5. The summed E-state index contributed by atoms with van der Waals surface area (Å²) in [7, 11) is 1.85. The summed E-state index contributed by atoms with van der Waals surface area (Å²) in [5.74, 6) is 0.583. The summed E-state index contributed by atoms with van der Waals surface area (Å²) in [5, 5.41) is 11.6. The quantitative estimate of drug-likeness (QED) is 0.405. The first-order valence-electron chi connectivity index (χ1n) is 11.8. The Morgan fingerprint density at radius 3 is 2.83 bits per heavy atom. The summed E-state index contributed by atoms with van der Waals surface area (Å²) in [6.45, 7) is 4.83. The Morgan fingerprint density at radius 2 is 2.00 bits per heavy atom. The van der Waals surface area contributed by atoms with Gasteiger partial charge in [-0.05, 0) is 42.5 Å². The number of hydrogen-bond donors (Lipinski definition) is 2. The van der Waals surface area contributed by atoms with Gasteiger partial charge in [0.1, 0.15) is 18.1 Å². The fourth-order valence-corrected chi connectivity index (χ4v) is 4.16. The molecule has 2 N–H and O–H groups in total. The maximum atomic E-state index is 12.9. The number of carbonyl (C=O) groups is 1. The lowest BCUT2D eigenvalue weighted by atomic mass is 10.1. The zero-order valence-electron chi connectivity index (χ0n) is 19.7. The molecule has 1 amide bonds. The third kappa shape index (κ3) is 5.45. The summed E-state index contributed by atoms with van der Waals surface area (Å²) >= 11 is 0. The van der Waals surface area contributed by atoms with Crippen LogP contribution in [0.4, 0.5) is 5.69 Å². The summed E-state index contributed by atoms with van der Waals surface area (Å²) in [4.78, 5) is 15.2. The largest absolute Gasteiger partial charge is 0.492 e. The van der Waals surface area contributed by atoms with E-state index in [2.05, 4.69) is 20.4 Å². The van der Waals surface area contributed by atoms with Crippen LogP contribution in [0, 0.1) is 0 Å². The molecule has 0 atom stereocenters. The van der Waals surface area contributed by atoms with Gasteiger partial charge in [0.15, 0.2) is 0 Å². The van der Waals surface area contributed by atoms with Gasteiger partial charge >= 0.3 is 0 Å². The first-order chi connectivity index (χ1) is 17.2. The van der Waals surface area contributed by atoms with Crippen molar-refractivity contribution in [3.05, 3.63) is 77.7 Å². The SMILES string of the molecule is Cn1cccc1C(=O)Nc1ccc(OCCN2CCOCC2)cc1/C=C/c1n[nH]c2ccccc12. The van der Waals surface area contributed by atoms with E-state index in [-0.39, 0.29) is 5.91 Å². The van der Waals surface area contributed by atoms with Crippen molar-refractivity contribution in [3.8, 4) is 5.75 Å². The van der Waals surface area contributed by atoms with Crippen LogP contribution in [0.25, 0.3) is 23.1 Å². The Kier molecular flexibility index (Phi) is 6.92. The molecule has 2 aromatic carbocycles. The van der Waals surface area contributed by atoms with Crippen LogP contribution in [-0.2, 0) is 11.8 Å². The number of benzene rings is 2. The van der Waals surface area contributed by atoms with Crippen molar-refractivity contribution in [2.24, 2.45) is 7.05 Å². The number of aromatic nitrogens is 3. The molecule has 0 radical (unpaired) electrons. The molecule has 2 aromatic heterocycles. The van der Waals surface area contributed by atoms with Gasteiger partial charge in [-0.25, -0.2) is 0 Å². The van der Waals surface area contributed by atoms with Crippen molar-refractivity contribution < 1.29 is 14.3 Å². The second-order valence-electron chi connectivity index (χ2n) is 8.50. The minimum Gasteiger partial charge on any atom is -0.492 e. The van der Waals surface area contributed by atoms with Crippen LogP contribution in [0.1, 0.15) is 21.7 Å². The summed E-state index contributed by atoms with van der Waals surface area (Å²) in [5.41, 5.74) is 3.93. The Bertz CT molecular complexity index is 1330. The summed E-state index contributed by atoms with van der Waals surface area (Å²) in [6, 6.07) is 17.4. The standard InChI is InChI=1S/C27H29N5O3/c1-31-12-4-7-26(31)27(33)28-23-11-9-21(35-18-15-32-13-16-34-17-14-32)19-20(23)8-10-25-22-5-2-3-6-24(22)29-30-25/h2-12,19H,13-18H2,1H3,(H,28,33)(H,29,30)/b10-8+. The predicted molar refractivity (Wildman–Crippen MR) is 138 cm³/mol. The van der Waals surface area contributed by atoms with Gasteiger partial charge < -0.3 is 19.4 Å². The van der Waals surface area contributed by atoms with Crippen molar-refractivity contribution in [3.63, 3.8) is 0 Å². The molecule has 3 heterocycles. The number of aromatic amines is 1. The smallest absolute Gasteiger partial charge is 0.272 e. The molecule has 1 aliphatic heterocycles. The van der Waals surface area contributed by atoms with Crippen molar-refractivity contribution in [2.45, 2.75) is 0 Å². The van der Waals surface area contributed by atoms with Crippen LogP contribution < -0.4 is 10.1 Å². The zero-order valence-corrected chi connectivity index (χ0v) is 19.7. The van der Waals surface area contributed by atoms with Crippen LogP contribution in [0.2, 0.25) is 0 Å². The van der Waals surface area contributed by atoms with Crippen LogP contribution in [0.5, 0.6) is 5.75 Å². The van der Waals surface area contributed by atoms with Crippen LogP contribution >= 0.6 is 0 Å². The highest BCUT2D eigenvalue weighted by atomic mass is 16.5. The first-order valence-corrected chi connectivity index (χ1v) is 11.8. The van der Waals surface area contributed by atoms with Crippen LogP contribution in [0.15, 0.2) is 60.8 Å². The minimum atomic E-state index is -0.168. The molecule has 1 saturated heterocycles. The average molecular weight is 472 g/mol. The highest BCUT2D eigenvalue weighted by molar-refractivity contribution is 6.04. The van der Waals surface area contributed by atoms with Gasteiger partial charge in [-0.1, -0.05) is 24.3 Å². The number of nitrogens with one attached hydrogen (secondary N) is 2. The second-order valence-corrected chi connectivity index (χ2v) is 8.50. The number of H-pyrrole nitrogens is 1. The van der Waals surface area contributed by atoms with Crippen LogP contribution in [0.3, 0.4) is 0 Å². The summed E-state index contributed by atoms with van der Waals surface area (Å²) in [6.07, 6.45) is 5.76. The van der Waals surface area contributed by atoms with E-state index < -0.39 is 0 Å². The molecule has 8 heteroatoms. The van der Waals surface area contributed by atoms with Gasteiger partial charge in [0.2, 0.25) is 0 Å². The molecule has 35 heavy (non-hydrogen) atoms. The minimum absolute atomic E-state index is 0.168. The van der Waals surface area contributed by atoms with Gasteiger partial charge in [0.25, 0.3) is 5.91 Å². The molecule has 5 rings (SSSR count). The number of nitrogens with zero attached hydrogens (tertiary/aromatic N) is 3. The number of anilines is 1. The highest BCUT2D eigenvalue weighted by Gasteiger charge is 2.13. The van der Waals surface area contributed by atoms with Crippen molar-refractivity contribution in [2.75, 3.05) is 44.8 Å². The number of rotatable bonds is 8. The highest BCUT2D eigenvalue weighted by Crippen LogP contribution is 2.26. The number of para-hydroxylation sites is 1. The third-order valence-electron chi connectivity index (χ3n) is 6.15. The van der Waals surface area contributed by atoms with Crippen molar-refractivity contribution in [1.29, 1.82) is 0 Å².